The van der Waals surface area contributed by atoms with Crippen LogP contribution in [0.3, 0.4) is 0 Å². The SMILES string of the molecule is O=C(NC1CC(O)C1)c1cc(C2CC2)on1. The first-order valence-electron chi connectivity index (χ1n) is 5.68. The number of aliphatic hydroxyl groups excluding tert-OH is 1. The summed E-state index contributed by atoms with van der Waals surface area (Å²) in [6, 6.07) is 1.81. The van der Waals surface area contributed by atoms with Crippen LogP contribution in [0.2, 0.25) is 0 Å². The van der Waals surface area contributed by atoms with Crippen molar-refractivity contribution in [2.24, 2.45) is 0 Å². The van der Waals surface area contributed by atoms with Gasteiger partial charge >= 0.3 is 0 Å². The number of carbonyl (C=O) groups excluding carboxylic acids is 1. The minimum Gasteiger partial charge on any atom is -0.393 e. The van der Waals surface area contributed by atoms with Crippen LogP contribution in [-0.2, 0) is 0 Å². The Morgan fingerprint density at radius 2 is 2.25 bits per heavy atom. The van der Waals surface area contributed by atoms with Gasteiger partial charge in [-0.3, -0.25) is 4.79 Å². The number of hydrogen-bond acceptors (Lipinski definition) is 4. The normalized spacial score (nSPS) is 28.6. The zero-order chi connectivity index (χ0) is 11.1. The first-order valence-corrected chi connectivity index (χ1v) is 5.68. The second kappa shape index (κ2) is 3.59. The number of hydrogen-bond donors (Lipinski definition) is 2. The van der Waals surface area contributed by atoms with Crippen LogP contribution in [0.5, 0.6) is 0 Å². The third-order valence-electron chi connectivity index (χ3n) is 3.19. The van der Waals surface area contributed by atoms with E-state index in [1.165, 1.54) is 0 Å². The highest BCUT2D eigenvalue weighted by Crippen LogP contribution is 2.40. The van der Waals surface area contributed by atoms with E-state index in [2.05, 4.69) is 10.5 Å². The molecule has 0 aliphatic heterocycles. The molecule has 86 valence electrons. The largest absolute Gasteiger partial charge is 0.393 e. The van der Waals surface area contributed by atoms with Crippen molar-refractivity contribution in [1.82, 2.24) is 10.5 Å². The zero-order valence-electron chi connectivity index (χ0n) is 8.85. The molecule has 2 aliphatic carbocycles. The molecule has 0 aromatic carbocycles. The van der Waals surface area contributed by atoms with Gasteiger partial charge in [-0.25, -0.2) is 0 Å². The van der Waals surface area contributed by atoms with Gasteiger partial charge in [0.25, 0.3) is 5.91 Å². The Labute approximate surface area is 92.8 Å². The van der Waals surface area contributed by atoms with Crippen LogP contribution in [0.15, 0.2) is 10.6 Å². The van der Waals surface area contributed by atoms with Crippen molar-refractivity contribution in [3.05, 3.63) is 17.5 Å². The van der Waals surface area contributed by atoms with Crippen LogP contribution in [0, 0.1) is 0 Å². The Morgan fingerprint density at radius 1 is 1.50 bits per heavy atom. The third kappa shape index (κ3) is 1.82. The number of nitrogens with one attached hydrogen (secondary N) is 1. The molecule has 1 aromatic rings. The second-order valence-electron chi connectivity index (χ2n) is 4.68. The van der Waals surface area contributed by atoms with Gasteiger partial charge in [-0.05, 0) is 25.7 Å². The van der Waals surface area contributed by atoms with Gasteiger partial charge in [0.05, 0.1) is 6.10 Å². The van der Waals surface area contributed by atoms with Crippen molar-refractivity contribution in [2.75, 3.05) is 0 Å². The molecule has 2 saturated carbocycles. The summed E-state index contributed by atoms with van der Waals surface area (Å²) in [5.41, 5.74) is 0.350. The van der Waals surface area contributed by atoms with Gasteiger partial charge in [0, 0.05) is 18.0 Å². The van der Waals surface area contributed by atoms with Crippen molar-refractivity contribution >= 4 is 5.91 Å². The molecule has 3 rings (SSSR count). The zero-order valence-corrected chi connectivity index (χ0v) is 8.85. The van der Waals surface area contributed by atoms with Gasteiger partial charge in [-0.1, -0.05) is 5.16 Å². The van der Waals surface area contributed by atoms with E-state index in [-0.39, 0.29) is 18.1 Å². The van der Waals surface area contributed by atoms with E-state index in [0.717, 1.165) is 18.6 Å². The lowest BCUT2D eigenvalue weighted by atomic mass is 9.89. The maximum absolute atomic E-state index is 11.7. The number of amides is 1. The van der Waals surface area contributed by atoms with E-state index in [9.17, 15) is 4.79 Å². The van der Waals surface area contributed by atoms with Crippen LogP contribution in [0.25, 0.3) is 0 Å². The summed E-state index contributed by atoms with van der Waals surface area (Å²) in [6.45, 7) is 0. The first kappa shape index (κ1) is 9.84. The maximum Gasteiger partial charge on any atom is 0.273 e. The van der Waals surface area contributed by atoms with Gasteiger partial charge in [0.1, 0.15) is 5.76 Å². The van der Waals surface area contributed by atoms with E-state index in [0.29, 0.717) is 24.5 Å². The summed E-state index contributed by atoms with van der Waals surface area (Å²) < 4.78 is 5.10. The molecule has 0 radical (unpaired) electrons. The van der Waals surface area contributed by atoms with Crippen molar-refractivity contribution in [3.63, 3.8) is 0 Å². The standard InChI is InChI=1S/C11H14N2O3/c14-8-3-7(4-8)12-11(15)9-5-10(16-13-9)6-1-2-6/h5-8,14H,1-4H2,(H,12,15). The Kier molecular flexibility index (Phi) is 2.21. The molecule has 0 saturated heterocycles. The molecule has 5 heteroatoms. The summed E-state index contributed by atoms with van der Waals surface area (Å²) >= 11 is 0. The van der Waals surface area contributed by atoms with Gasteiger partial charge in [0.15, 0.2) is 5.69 Å². The molecule has 1 aromatic heterocycles. The summed E-state index contributed by atoms with van der Waals surface area (Å²) in [5, 5.41) is 15.7. The van der Waals surface area contributed by atoms with E-state index in [4.69, 9.17) is 9.63 Å². The maximum atomic E-state index is 11.7. The Balaban J connectivity index is 1.60. The molecule has 2 fully saturated rings. The van der Waals surface area contributed by atoms with E-state index >= 15 is 0 Å². The number of aromatic nitrogens is 1. The van der Waals surface area contributed by atoms with Crippen LogP contribution >= 0.6 is 0 Å². The lowest BCUT2D eigenvalue weighted by Gasteiger charge is -2.31. The van der Waals surface area contributed by atoms with E-state index in [1.807, 2.05) is 0 Å². The predicted molar refractivity (Wildman–Crippen MR) is 55.0 cm³/mol. The fourth-order valence-corrected chi connectivity index (χ4v) is 1.92. The molecule has 0 unspecified atom stereocenters. The highest BCUT2D eigenvalue weighted by molar-refractivity contribution is 5.92. The van der Waals surface area contributed by atoms with Crippen molar-refractivity contribution in [1.29, 1.82) is 0 Å². The lowest BCUT2D eigenvalue weighted by Crippen LogP contribution is -2.46. The molecular weight excluding hydrogens is 208 g/mol. The molecule has 2 N–H and O–H groups in total. The molecule has 5 nitrogen and oxygen atoms in total. The minimum absolute atomic E-state index is 0.0866. The number of rotatable bonds is 3. The third-order valence-corrected chi connectivity index (χ3v) is 3.19. The van der Waals surface area contributed by atoms with E-state index < -0.39 is 0 Å². The predicted octanol–water partition coefficient (Wildman–Crippen LogP) is 0.805. The van der Waals surface area contributed by atoms with Gasteiger partial charge in [-0.15, -0.1) is 0 Å². The number of carbonyl (C=O) groups is 1. The van der Waals surface area contributed by atoms with Gasteiger partial charge in [-0.2, -0.15) is 0 Å². The summed E-state index contributed by atoms with van der Waals surface area (Å²) in [5.74, 6) is 1.09. The topological polar surface area (TPSA) is 75.4 Å². The first-order chi connectivity index (χ1) is 7.72. The Morgan fingerprint density at radius 3 is 2.88 bits per heavy atom. The molecule has 0 spiro atoms. The average molecular weight is 222 g/mol. The Hall–Kier alpha value is -1.36. The monoisotopic (exact) mass is 222 g/mol. The smallest absolute Gasteiger partial charge is 0.273 e. The lowest BCUT2D eigenvalue weighted by molar-refractivity contribution is 0.0559. The van der Waals surface area contributed by atoms with Crippen LogP contribution in [0.1, 0.15) is 47.8 Å². The second-order valence-corrected chi connectivity index (χ2v) is 4.68. The van der Waals surface area contributed by atoms with Gasteiger partial charge < -0.3 is 14.9 Å². The van der Waals surface area contributed by atoms with Crippen molar-refractivity contribution in [2.45, 2.75) is 43.7 Å². The fourth-order valence-electron chi connectivity index (χ4n) is 1.92. The van der Waals surface area contributed by atoms with Crippen LogP contribution in [-0.4, -0.2) is 28.3 Å². The van der Waals surface area contributed by atoms with Crippen molar-refractivity contribution in [3.8, 4) is 0 Å². The molecule has 0 atom stereocenters. The molecule has 0 bridgehead atoms. The molecule has 1 heterocycles. The highest BCUT2D eigenvalue weighted by Gasteiger charge is 2.31. The Bertz CT molecular complexity index is 405. The summed E-state index contributed by atoms with van der Waals surface area (Å²) in [4.78, 5) is 11.7. The number of nitrogens with zero attached hydrogens (tertiary/aromatic N) is 1. The number of aliphatic hydroxyl groups is 1. The summed E-state index contributed by atoms with van der Waals surface area (Å²) in [7, 11) is 0. The van der Waals surface area contributed by atoms with Crippen molar-refractivity contribution < 1.29 is 14.4 Å². The van der Waals surface area contributed by atoms with Gasteiger partial charge in [0.2, 0.25) is 0 Å². The minimum atomic E-state index is -0.260. The average Bonchev–Trinajstić information content (AvgIpc) is 2.94. The fraction of sp³-hybridized carbons (Fsp3) is 0.636. The molecule has 2 aliphatic rings. The van der Waals surface area contributed by atoms with Crippen LogP contribution in [0.4, 0.5) is 0 Å². The highest BCUT2D eigenvalue weighted by atomic mass is 16.5. The van der Waals surface area contributed by atoms with Crippen LogP contribution < -0.4 is 5.32 Å². The van der Waals surface area contributed by atoms with E-state index in [1.54, 1.807) is 6.07 Å². The molecule has 16 heavy (non-hydrogen) atoms. The summed E-state index contributed by atoms with van der Waals surface area (Å²) in [6.07, 6.45) is 3.28. The molecular formula is C11H14N2O3. The quantitative estimate of drug-likeness (QED) is 0.793. The molecule has 1 amide bonds.